The van der Waals surface area contributed by atoms with E-state index in [9.17, 15) is 4.79 Å². The lowest BCUT2D eigenvalue weighted by Crippen LogP contribution is -2.38. The molecule has 1 saturated heterocycles. The van der Waals surface area contributed by atoms with E-state index in [2.05, 4.69) is 33.1 Å². The lowest BCUT2D eigenvalue weighted by molar-refractivity contribution is -0.121. The highest BCUT2D eigenvalue weighted by atomic mass is 79.9. The van der Waals surface area contributed by atoms with Crippen molar-refractivity contribution in [2.45, 2.75) is 39.0 Å². The van der Waals surface area contributed by atoms with E-state index in [4.69, 9.17) is 4.74 Å². The molecule has 1 atom stereocenters. The SMILES string of the molecule is COc1ccc(CCC(=O)NCC(C)CN2CCCCC2)cc1Br. The van der Waals surface area contributed by atoms with Crippen LogP contribution in [0, 0.1) is 5.92 Å². The van der Waals surface area contributed by atoms with E-state index in [0.29, 0.717) is 12.3 Å². The molecule has 0 saturated carbocycles. The summed E-state index contributed by atoms with van der Waals surface area (Å²) < 4.78 is 6.15. The molecule has 2 rings (SSSR count). The second kappa shape index (κ2) is 10.0. The number of methoxy groups -OCH3 is 1. The van der Waals surface area contributed by atoms with Gasteiger partial charge >= 0.3 is 0 Å². The molecule has 1 unspecified atom stereocenters. The fraction of sp³-hybridized carbons (Fsp3) is 0.632. The number of nitrogens with one attached hydrogen (secondary N) is 1. The lowest BCUT2D eigenvalue weighted by Gasteiger charge is -2.29. The third-order valence-corrected chi connectivity index (χ3v) is 5.14. The zero-order chi connectivity index (χ0) is 17.4. The first-order chi connectivity index (χ1) is 11.6. The number of nitrogens with zero attached hydrogens (tertiary/aromatic N) is 1. The van der Waals surface area contributed by atoms with Crippen LogP contribution in [0.5, 0.6) is 5.75 Å². The van der Waals surface area contributed by atoms with Crippen molar-refractivity contribution in [3.05, 3.63) is 28.2 Å². The number of hydrogen-bond acceptors (Lipinski definition) is 3. The maximum absolute atomic E-state index is 12.1. The molecule has 0 aromatic heterocycles. The van der Waals surface area contributed by atoms with Gasteiger partial charge in [0.1, 0.15) is 5.75 Å². The molecule has 1 fully saturated rings. The number of benzene rings is 1. The molecule has 1 aromatic rings. The van der Waals surface area contributed by atoms with Gasteiger partial charge in [-0.2, -0.15) is 0 Å². The van der Waals surface area contributed by atoms with Gasteiger partial charge in [-0.15, -0.1) is 0 Å². The average Bonchev–Trinajstić information content (AvgIpc) is 2.59. The number of amides is 1. The van der Waals surface area contributed by atoms with Gasteiger partial charge in [-0.05, 0) is 71.9 Å². The van der Waals surface area contributed by atoms with Crippen molar-refractivity contribution in [2.75, 3.05) is 33.3 Å². The Hall–Kier alpha value is -1.07. The van der Waals surface area contributed by atoms with Crippen molar-refractivity contribution in [2.24, 2.45) is 5.92 Å². The normalized spacial score (nSPS) is 16.6. The summed E-state index contributed by atoms with van der Waals surface area (Å²) in [5.74, 6) is 1.45. The Bertz CT molecular complexity index is 530. The molecule has 4 nitrogen and oxygen atoms in total. The van der Waals surface area contributed by atoms with Crippen LogP contribution in [0.25, 0.3) is 0 Å². The number of hydrogen-bond donors (Lipinski definition) is 1. The summed E-state index contributed by atoms with van der Waals surface area (Å²) in [6.07, 6.45) is 5.26. The zero-order valence-corrected chi connectivity index (χ0v) is 16.4. The van der Waals surface area contributed by atoms with Gasteiger partial charge in [-0.3, -0.25) is 4.79 Å². The van der Waals surface area contributed by atoms with E-state index in [0.717, 1.165) is 35.3 Å². The largest absolute Gasteiger partial charge is 0.496 e. The molecule has 1 amide bonds. The van der Waals surface area contributed by atoms with Crippen molar-refractivity contribution in [1.29, 1.82) is 0 Å². The molecule has 0 spiro atoms. The van der Waals surface area contributed by atoms with Crippen LogP contribution in [0.2, 0.25) is 0 Å². The highest BCUT2D eigenvalue weighted by molar-refractivity contribution is 9.10. The quantitative estimate of drug-likeness (QED) is 0.729. The number of rotatable bonds is 8. The highest BCUT2D eigenvalue weighted by Gasteiger charge is 2.14. The molecule has 5 heteroatoms. The van der Waals surface area contributed by atoms with Crippen LogP contribution < -0.4 is 10.1 Å². The van der Waals surface area contributed by atoms with Gasteiger partial charge in [-0.1, -0.05) is 19.4 Å². The van der Waals surface area contributed by atoms with Crippen LogP contribution in [-0.4, -0.2) is 44.1 Å². The maximum atomic E-state index is 12.1. The van der Waals surface area contributed by atoms with Crippen LogP contribution in [0.4, 0.5) is 0 Å². The van der Waals surface area contributed by atoms with Gasteiger partial charge in [0.25, 0.3) is 0 Å². The monoisotopic (exact) mass is 396 g/mol. The Balaban J connectivity index is 1.66. The summed E-state index contributed by atoms with van der Waals surface area (Å²) in [4.78, 5) is 14.6. The molecule has 1 aliphatic rings. The van der Waals surface area contributed by atoms with Gasteiger partial charge in [0.15, 0.2) is 0 Å². The Morgan fingerprint density at radius 2 is 2.08 bits per heavy atom. The topological polar surface area (TPSA) is 41.6 Å². The fourth-order valence-corrected chi connectivity index (χ4v) is 3.74. The number of piperidine rings is 1. The number of aryl methyl sites for hydroxylation is 1. The van der Waals surface area contributed by atoms with Gasteiger partial charge < -0.3 is 15.0 Å². The van der Waals surface area contributed by atoms with E-state index < -0.39 is 0 Å². The molecule has 1 aliphatic heterocycles. The Morgan fingerprint density at radius 3 is 2.75 bits per heavy atom. The molecule has 1 heterocycles. The second-order valence-electron chi connectivity index (χ2n) is 6.74. The van der Waals surface area contributed by atoms with E-state index in [-0.39, 0.29) is 5.91 Å². The third kappa shape index (κ3) is 6.44. The predicted molar refractivity (Wildman–Crippen MR) is 101 cm³/mol. The fourth-order valence-electron chi connectivity index (χ4n) is 3.15. The molecule has 0 bridgehead atoms. The molecule has 134 valence electrons. The van der Waals surface area contributed by atoms with Crippen molar-refractivity contribution in [1.82, 2.24) is 10.2 Å². The first-order valence-corrected chi connectivity index (χ1v) is 9.69. The number of carbonyl (C=O) groups excluding carboxylic acids is 1. The molecule has 24 heavy (non-hydrogen) atoms. The number of halogens is 1. The van der Waals surface area contributed by atoms with Crippen LogP contribution in [0.15, 0.2) is 22.7 Å². The standard InChI is InChI=1S/C19H29BrN2O2/c1-15(14-22-10-4-3-5-11-22)13-21-19(23)9-7-16-6-8-18(24-2)17(20)12-16/h6,8,12,15H,3-5,7,9-11,13-14H2,1-2H3,(H,21,23). The molecule has 1 N–H and O–H groups in total. The van der Waals surface area contributed by atoms with Crippen molar-refractivity contribution in [3.8, 4) is 5.75 Å². The Kier molecular flexibility index (Phi) is 8.06. The smallest absolute Gasteiger partial charge is 0.220 e. The summed E-state index contributed by atoms with van der Waals surface area (Å²) >= 11 is 3.48. The van der Waals surface area contributed by atoms with Gasteiger partial charge in [0.05, 0.1) is 11.6 Å². The summed E-state index contributed by atoms with van der Waals surface area (Å²) in [5, 5.41) is 3.08. The van der Waals surface area contributed by atoms with Crippen LogP contribution >= 0.6 is 15.9 Å². The van der Waals surface area contributed by atoms with Gasteiger partial charge in [-0.25, -0.2) is 0 Å². The van der Waals surface area contributed by atoms with Crippen LogP contribution in [0.3, 0.4) is 0 Å². The van der Waals surface area contributed by atoms with Gasteiger partial charge in [0.2, 0.25) is 5.91 Å². The minimum atomic E-state index is 0.132. The highest BCUT2D eigenvalue weighted by Crippen LogP contribution is 2.25. The molecule has 1 aromatic carbocycles. The molecule has 0 aliphatic carbocycles. The summed E-state index contributed by atoms with van der Waals surface area (Å²) in [5.41, 5.74) is 1.14. The third-order valence-electron chi connectivity index (χ3n) is 4.52. The number of ether oxygens (including phenoxy) is 1. The van der Waals surface area contributed by atoms with Crippen molar-refractivity contribution < 1.29 is 9.53 Å². The molecular weight excluding hydrogens is 368 g/mol. The molecular formula is C19H29BrN2O2. The number of likely N-dealkylation sites (tertiary alicyclic amines) is 1. The van der Waals surface area contributed by atoms with Gasteiger partial charge in [0, 0.05) is 19.5 Å². The summed E-state index contributed by atoms with van der Waals surface area (Å²) in [7, 11) is 1.65. The van der Waals surface area contributed by atoms with E-state index in [1.54, 1.807) is 7.11 Å². The second-order valence-corrected chi connectivity index (χ2v) is 7.59. The van der Waals surface area contributed by atoms with E-state index in [1.165, 1.54) is 32.4 Å². The minimum Gasteiger partial charge on any atom is -0.496 e. The van der Waals surface area contributed by atoms with Crippen molar-refractivity contribution >= 4 is 21.8 Å². The first-order valence-electron chi connectivity index (χ1n) is 8.90. The lowest BCUT2D eigenvalue weighted by atomic mass is 10.1. The first kappa shape index (κ1) is 19.3. The Morgan fingerprint density at radius 1 is 1.33 bits per heavy atom. The summed E-state index contributed by atoms with van der Waals surface area (Å²) in [6, 6.07) is 5.96. The van der Waals surface area contributed by atoms with E-state index >= 15 is 0 Å². The predicted octanol–water partition coefficient (Wildman–Crippen LogP) is 3.63. The molecule has 0 radical (unpaired) electrons. The minimum absolute atomic E-state index is 0.132. The zero-order valence-electron chi connectivity index (χ0n) is 14.8. The Labute approximate surface area is 154 Å². The van der Waals surface area contributed by atoms with Crippen LogP contribution in [-0.2, 0) is 11.2 Å². The summed E-state index contributed by atoms with van der Waals surface area (Å²) in [6.45, 7) is 6.50. The maximum Gasteiger partial charge on any atom is 0.220 e. The van der Waals surface area contributed by atoms with Crippen molar-refractivity contribution in [3.63, 3.8) is 0 Å². The average molecular weight is 397 g/mol. The van der Waals surface area contributed by atoms with E-state index in [1.807, 2.05) is 18.2 Å². The van der Waals surface area contributed by atoms with Crippen LogP contribution in [0.1, 0.15) is 38.2 Å². The number of carbonyl (C=O) groups is 1.